The summed E-state index contributed by atoms with van der Waals surface area (Å²) in [5.41, 5.74) is 0.952. The average molecular weight is 339 g/mol. The van der Waals surface area contributed by atoms with Crippen molar-refractivity contribution in [2.45, 2.75) is 25.8 Å². The Balaban J connectivity index is 1.33. The summed E-state index contributed by atoms with van der Waals surface area (Å²) in [5.74, 6) is 1.19. The molecule has 1 N–H and O–H groups in total. The number of likely N-dealkylation sites (tertiary alicyclic amines) is 1. The molecule has 7 heteroatoms. The standard InChI is InChI=1S/C18H21N5O2/c24-17-9-15(12-22(17)11-13-2-3-13)18(25)20-10-14-4-6-19-16(8-14)23-7-1-5-21-23/h1,4-8,13,15H,2-3,9-12H2,(H,20,25)/t15-/m1/s1. The highest BCUT2D eigenvalue weighted by Crippen LogP contribution is 2.32. The van der Waals surface area contributed by atoms with Gasteiger partial charge in [0.2, 0.25) is 11.8 Å². The minimum atomic E-state index is -0.237. The first kappa shape index (κ1) is 15.8. The van der Waals surface area contributed by atoms with Crippen molar-refractivity contribution in [3.63, 3.8) is 0 Å². The summed E-state index contributed by atoms with van der Waals surface area (Å²) in [6.45, 7) is 1.79. The summed E-state index contributed by atoms with van der Waals surface area (Å²) in [6.07, 6.45) is 7.97. The van der Waals surface area contributed by atoms with E-state index in [0.717, 1.165) is 12.1 Å². The number of rotatable bonds is 6. The third-order valence-corrected chi connectivity index (χ3v) is 4.78. The van der Waals surface area contributed by atoms with E-state index in [2.05, 4.69) is 15.4 Å². The van der Waals surface area contributed by atoms with Crippen LogP contribution in [-0.4, -0.2) is 44.6 Å². The Kier molecular flexibility index (Phi) is 4.21. The minimum Gasteiger partial charge on any atom is -0.352 e. The number of aromatic nitrogens is 3. The zero-order valence-corrected chi connectivity index (χ0v) is 14.0. The molecule has 1 atom stereocenters. The summed E-state index contributed by atoms with van der Waals surface area (Å²) in [7, 11) is 0. The van der Waals surface area contributed by atoms with E-state index < -0.39 is 0 Å². The fourth-order valence-corrected chi connectivity index (χ4v) is 3.17. The molecule has 1 aliphatic heterocycles. The number of hydrogen-bond acceptors (Lipinski definition) is 4. The van der Waals surface area contributed by atoms with Gasteiger partial charge in [-0.3, -0.25) is 9.59 Å². The Morgan fingerprint density at radius 3 is 2.96 bits per heavy atom. The SMILES string of the molecule is O=C(NCc1ccnc(-n2cccn2)c1)[C@@H]1CC(=O)N(CC2CC2)C1. The molecule has 25 heavy (non-hydrogen) atoms. The van der Waals surface area contributed by atoms with E-state index in [0.29, 0.717) is 31.2 Å². The van der Waals surface area contributed by atoms with Crippen LogP contribution in [-0.2, 0) is 16.1 Å². The van der Waals surface area contributed by atoms with Crippen molar-refractivity contribution in [2.24, 2.45) is 11.8 Å². The molecule has 2 aliphatic rings. The van der Waals surface area contributed by atoms with Crippen LogP contribution in [0.25, 0.3) is 5.82 Å². The average Bonchev–Trinajstić information content (AvgIpc) is 3.12. The highest BCUT2D eigenvalue weighted by Gasteiger charge is 2.36. The van der Waals surface area contributed by atoms with Crippen LogP contribution >= 0.6 is 0 Å². The Hall–Kier alpha value is -2.70. The maximum Gasteiger partial charge on any atom is 0.225 e. The first-order valence-corrected chi connectivity index (χ1v) is 8.69. The molecule has 130 valence electrons. The van der Waals surface area contributed by atoms with Crippen molar-refractivity contribution in [3.8, 4) is 5.82 Å². The zero-order chi connectivity index (χ0) is 17.2. The first-order valence-electron chi connectivity index (χ1n) is 8.69. The second kappa shape index (κ2) is 6.66. The Labute approximate surface area is 146 Å². The number of carbonyl (C=O) groups is 2. The van der Waals surface area contributed by atoms with Crippen LogP contribution in [0.2, 0.25) is 0 Å². The van der Waals surface area contributed by atoms with Crippen LogP contribution in [0.5, 0.6) is 0 Å². The predicted octanol–water partition coefficient (Wildman–Crippen LogP) is 1.14. The second-order valence-corrected chi connectivity index (χ2v) is 6.83. The molecule has 0 bridgehead atoms. The van der Waals surface area contributed by atoms with Gasteiger partial charge in [-0.1, -0.05) is 0 Å². The van der Waals surface area contributed by atoms with Gasteiger partial charge in [-0.05, 0) is 42.5 Å². The van der Waals surface area contributed by atoms with Gasteiger partial charge < -0.3 is 10.2 Å². The largest absolute Gasteiger partial charge is 0.352 e. The van der Waals surface area contributed by atoms with E-state index in [9.17, 15) is 9.59 Å². The van der Waals surface area contributed by atoms with Crippen LogP contribution in [0.3, 0.4) is 0 Å². The molecular formula is C18H21N5O2. The lowest BCUT2D eigenvalue weighted by Gasteiger charge is -2.16. The maximum absolute atomic E-state index is 12.4. The third-order valence-electron chi connectivity index (χ3n) is 4.78. The number of amides is 2. The highest BCUT2D eigenvalue weighted by molar-refractivity contribution is 5.89. The van der Waals surface area contributed by atoms with Crippen LogP contribution in [0, 0.1) is 11.8 Å². The maximum atomic E-state index is 12.4. The van der Waals surface area contributed by atoms with Gasteiger partial charge in [-0.15, -0.1) is 0 Å². The van der Waals surface area contributed by atoms with E-state index in [1.54, 1.807) is 17.1 Å². The molecule has 4 rings (SSSR count). The van der Waals surface area contributed by atoms with Crippen molar-refractivity contribution in [2.75, 3.05) is 13.1 Å². The van der Waals surface area contributed by atoms with E-state index in [1.165, 1.54) is 12.8 Å². The van der Waals surface area contributed by atoms with Gasteiger partial charge in [0.15, 0.2) is 5.82 Å². The summed E-state index contributed by atoms with van der Waals surface area (Å²) < 4.78 is 1.68. The van der Waals surface area contributed by atoms with E-state index in [-0.39, 0.29) is 17.7 Å². The van der Waals surface area contributed by atoms with Crippen molar-refractivity contribution in [1.29, 1.82) is 0 Å². The van der Waals surface area contributed by atoms with Crippen molar-refractivity contribution >= 4 is 11.8 Å². The van der Waals surface area contributed by atoms with Gasteiger partial charge in [-0.25, -0.2) is 9.67 Å². The molecule has 2 aromatic rings. The van der Waals surface area contributed by atoms with Crippen LogP contribution in [0.15, 0.2) is 36.8 Å². The predicted molar refractivity (Wildman–Crippen MR) is 90.6 cm³/mol. The molecule has 0 unspecified atom stereocenters. The molecule has 1 saturated carbocycles. The monoisotopic (exact) mass is 339 g/mol. The first-order chi connectivity index (χ1) is 12.2. The molecule has 0 spiro atoms. The molecule has 2 amide bonds. The van der Waals surface area contributed by atoms with E-state index >= 15 is 0 Å². The zero-order valence-electron chi connectivity index (χ0n) is 14.0. The molecule has 0 aromatic carbocycles. The molecule has 1 saturated heterocycles. The molecule has 7 nitrogen and oxygen atoms in total. The lowest BCUT2D eigenvalue weighted by molar-refractivity contribution is -0.129. The van der Waals surface area contributed by atoms with Gasteiger partial charge in [0, 0.05) is 44.6 Å². The fourth-order valence-electron chi connectivity index (χ4n) is 3.17. The fraction of sp³-hybridized carbons (Fsp3) is 0.444. The lowest BCUT2D eigenvalue weighted by atomic mass is 10.1. The summed E-state index contributed by atoms with van der Waals surface area (Å²) >= 11 is 0. The number of carbonyl (C=O) groups excluding carboxylic acids is 2. The number of pyridine rings is 1. The Morgan fingerprint density at radius 2 is 2.20 bits per heavy atom. The van der Waals surface area contributed by atoms with Crippen molar-refractivity contribution in [3.05, 3.63) is 42.4 Å². The molecule has 3 heterocycles. The Bertz CT molecular complexity index is 770. The van der Waals surface area contributed by atoms with Gasteiger partial charge in [0.1, 0.15) is 0 Å². The van der Waals surface area contributed by atoms with Crippen LogP contribution in [0.1, 0.15) is 24.8 Å². The van der Waals surface area contributed by atoms with Gasteiger partial charge in [-0.2, -0.15) is 5.10 Å². The van der Waals surface area contributed by atoms with E-state index in [4.69, 9.17) is 0 Å². The molecule has 2 aromatic heterocycles. The summed E-state index contributed by atoms with van der Waals surface area (Å²) in [5, 5.41) is 7.10. The quantitative estimate of drug-likeness (QED) is 0.856. The van der Waals surface area contributed by atoms with Gasteiger partial charge >= 0.3 is 0 Å². The van der Waals surface area contributed by atoms with Crippen LogP contribution < -0.4 is 5.32 Å². The molecular weight excluding hydrogens is 318 g/mol. The topological polar surface area (TPSA) is 80.1 Å². The third kappa shape index (κ3) is 3.70. The van der Waals surface area contributed by atoms with E-state index in [1.807, 2.05) is 29.3 Å². The second-order valence-electron chi connectivity index (χ2n) is 6.83. The van der Waals surface area contributed by atoms with Gasteiger partial charge in [0.05, 0.1) is 5.92 Å². The normalized spacial score (nSPS) is 20.1. The lowest BCUT2D eigenvalue weighted by Crippen LogP contribution is -2.33. The Morgan fingerprint density at radius 1 is 1.32 bits per heavy atom. The summed E-state index contributed by atoms with van der Waals surface area (Å²) in [4.78, 5) is 30.6. The summed E-state index contributed by atoms with van der Waals surface area (Å²) in [6, 6.07) is 5.60. The van der Waals surface area contributed by atoms with Crippen LogP contribution in [0.4, 0.5) is 0 Å². The number of hydrogen-bond donors (Lipinski definition) is 1. The van der Waals surface area contributed by atoms with Gasteiger partial charge in [0.25, 0.3) is 0 Å². The van der Waals surface area contributed by atoms with Crippen molar-refractivity contribution < 1.29 is 9.59 Å². The molecule has 1 aliphatic carbocycles. The van der Waals surface area contributed by atoms with Crippen molar-refractivity contribution in [1.82, 2.24) is 25.0 Å². The highest BCUT2D eigenvalue weighted by atomic mass is 16.2. The number of nitrogens with zero attached hydrogens (tertiary/aromatic N) is 4. The molecule has 2 fully saturated rings. The number of nitrogens with one attached hydrogen (secondary N) is 1. The smallest absolute Gasteiger partial charge is 0.225 e. The minimum absolute atomic E-state index is 0.0518. The molecule has 0 radical (unpaired) electrons.